The summed E-state index contributed by atoms with van der Waals surface area (Å²) in [4.78, 5) is 22.8. The van der Waals surface area contributed by atoms with Crippen LogP contribution >= 0.6 is 0 Å². The average Bonchev–Trinajstić information content (AvgIpc) is 3.57. The third-order valence-electron chi connectivity index (χ3n) is 7.18. The number of carboxylic acid groups (broad SMARTS) is 1. The van der Waals surface area contributed by atoms with E-state index in [1.54, 1.807) is 24.3 Å². The van der Waals surface area contributed by atoms with Crippen LogP contribution in [0.25, 0.3) is 11.2 Å². The monoisotopic (exact) mass is 743 g/mol. The summed E-state index contributed by atoms with van der Waals surface area (Å²) in [5, 5.41) is 29.7. The molecule has 17 nitrogen and oxygen atoms in total. The third-order valence-corrected chi connectivity index (χ3v) is 10.7. The van der Waals surface area contributed by atoms with Gasteiger partial charge in [0.1, 0.15) is 47.7 Å². The number of aliphatic carboxylic acids is 1. The maximum Gasteiger partial charge on any atom is 0.320 e. The Morgan fingerprint density at radius 1 is 0.918 bits per heavy atom. The Hall–Kier alpha value is -3.73. The molecule has 1 aliphatic rings. The number of fused-ring (bicyclic) bond motifs is 1. The molecule has 2 aromatic heterocycles. The van der Waals surface area contributed by atoms with Crippen LogP contribution in [0.1, 0.15) is 23.8 Å². The number of aliphatic hydroxyl groups excluding tert-OH is 2. The summed E-state index contributed by atoms with van der Waals surface area (Å²) < 4.78 is 66.5. The van der Waals surface area contributed by atoms with Crippen molar-refractivity contribution >= 4 is 54.1 Å². The highest BCUT2D eigenvalue weighted by atomic mass is 32.2. The van der Waals surface area contributed by atoms with Crippen molar-refractivity contribution in [3.63, 3.8) is 0 Å². The Bertz CT molecular complexity index is 1850. The van der Waals surface area contributed by atoms with Crippen molar-refractivity contribution in [2.24, 2.45) is 5.73 Å². The van der Waals surface area contributed by atoms with Crippen molar-refractivity contribution in [1.82, 2.24) is 19.5 Å². The van der Waals surface area contributed by atoms with Gasteiger partial charge in [0.15, 0.2) is 17.7 Å². The van der Waals surface area contributed by atoms with Crippen LogP contribution in [0.4, 0.5) is 5.82 Å². The number of ether oxygens (including phenoxy) is 1. The molecule has 1 saturated heterocycles. The first kappa shape index (κ1) is 39.7. The van der Waals surface area contributed by atoms with Gasteiger partial charge in [-0.3, -0.25) is 18.5 Å². The molecule has 0 saturated carbocycles. The first-order chi connectivity index (χ1) is 22.8. The van der Waals surface area contributed by atoms with Crippen LogP contribution in [0.3, 0.4) is 0 Å². The van der Waals surface area contributed by atoms with E-state index in [9.17, 15) is 31.8 Å². The van der Waals surface area contributed by atoms with Crippen LogP contribution in [0.2, 0.25) is 0 Å². The van der Waals surface area contributed by atoms with Gasteiger partial charge >= 0.3 is 5.97 Å². The Morgan fingerprint density at radius 2 is 1.43 bits per heavy atom. The number of carboxylic acids is 1. The average molecular weight is 744 g/mol. The predicted octanol–water partition coefficient (Wildman–Crippen LogP) is 0.561. The van der Waals surface area contributed by atoms with Crippen LogP contribution in [-0.2, 0) is 40.7 Å². The van der Waals surface area contributed by atoms with Crippen molar-refractivity contribution in [2.45, 2.75) is 60.6 Å². The lowest BCUT2D eigenvalue weighted by atomic mass is 10.1. The number of carbonyl (C=O) groups is 1. The van der Waals surface area contributed by atoms with Crippen LogP contribution in [0, 0.1) is 13.8 Å². The van der Waals surface area contributed by atoms with Gasteiger partial charge in [-0.1, -0.05) is 35.4 Å². The van der Waals surface area contributed by atoms with E-state index in [1.807, 2.05) is 20.1 Å². The van der Waals surface area contributed by atoms with Crippen molar-refractivity contribution in [3.05, 3.63) is 72.3 Å². The molecule has 9 N–H and O–H groups in total. The van der Waals surface area contributed by atoms with Crippen LogP contribution in [0.5, 0.6) is 0 Å². The first-order valence-electron chi connectivity index (χ1n) is 14.4. The minimum Gasteiger partial charge on any atom is -0.480 e. The van der Waals surface area contributed by atoms with E-state index in [1.165, 1.54) is 41.5 Å². The summed E-state index contributed by atoms with van der Waals surface area (Å²) in [5.74, 6) is 0.254. The number of hydrogen-bond acceptors (Lipinski definition) is 13. The fraction of sp³-hybridized carbons (Fsp3) is 0.379. The molecule has 3 heterocycles. The number of rotatable bonds is 9. The Labute approximate surface area is 285 Å². The van der Waals surface area contributed by atoms with E-state index < -0.39 is 56.8 Å². The zero-order valence-corrected chi connectivity index (χ0v) is 29.1. The molecular formula is C29H39N6O11S3+. The van der Waals surface area contributed by atoms with Gasteiger partial charge in [-0.15, -0.1) is 0 Å². The first-order valence-corrected chi connectivity index (χ1v) is 19.2. The van der Waals surface area contributed by atoms with Gasteiger partial charge in [0.25, 0.3) is 20.2 Å². The molecule has 1 unspecified atom stereocenters. The molecule has 0 spiro atoms. The lowest BCUT2D eigenvalue weighted by molar-refractivity contribution is -0.138. The second-order valence-corrected chi connectivity index (χ2v) is 16.2. The molecular weight excluding hydrogens is 705 g/mol. The number of imidazole rings is 1. The highest BCUT2D eigenvalue weighted by molar-refractivity contribution is 7.96. The van der Waals surface area contributed by atoms with E-state index in [0.717, 1.165) is 11.1 Å². The summed E-state index contributed by atoms with van der Waals surface area (Å²) in [6, 6.07) is 11.1. The lowest BCUT2D eigenvalue weighted by Gasteiger charge is -2.16. The summed E-state index contributed by atoms with van der Waals surface area (Å²) in [5.41, 5.74) is 14.0. The van der Waals surface area contributed by atoms with Gasteiger partial charge in [0.05, 0.1) is 22.4 Å². The number of nitrogens with two attached hydrogens (primary N) is 2. The molecule has 0 bridgehead atoms. The molecule has 0 amide bonds. The van der Waals surface area contributed by atoms with E-state index in [0.29, 0.717) is 29.1 Å². The number of benzene rings is 2. The number of hydrogen-bond donors (Lipinski definition) is 7. The smallest absolute Gasteiger partial charge is 0.320 e. The van der Waals surface area contributed by atoms with E-state index in [2.05, 4.69) is 15.0 Å². The topological polar surface area (TPSA) is 291 Å². The maximum absolute atomic E-state index is 10.8. The largest absolute Gasteiger partial charge is 0.480 e. The number of nitrogen functional groups attached to an aromatic ring is 1. The molecule has 1 aliphatic heterocycles. The molecule has 6 atom stereocenters. The van der Waals surface area contributed by atoms with Crippen molar-refractivity contribution in [1.29, 1.82) is 0 Å². The summed E-state index contributed by atoms with van der Waals surface area (Å²) >= 11 is 0. The van der Waals surface area contributed by atoms with E-state index in [4.69, 9.17) is 30.4 Å². The normalized spacial score (nSPS) is 20.4. The Kier molecular flexibility index (Phi) is 13.6. The molecule has 0 radical (unpaired) electrons. The second kappa shape index (κ2) is 16.8. The molecule has 0 aliphatic carbocycles. The van der Waals surface area contributed by atoms with Crippen LogP contribution in [0.15, 0.2) is 71.0 Å². The molecule has 5 rings (SSSR count). The molecule has 49 heavy (non-hydrogen) atoms. The number of anilines is 1. The Balaban J connectivity index is 0.000000242. The summed E-state index contributed by atoms with van der Waals surface area (Å²) in [7, 11) is -8.27. The maximum atomic E-state index is 10.8. The zero-order valence-electron chi connectivity index (χ0n) is 26.6. The van der Waals surface area contributed by atoms with Crippen molar-refractivity contribution in [2.75, 3.05) is 23.5 Å². The molecule has 1 fully saturated rings. The van der Waals surface area contributed by atoms with Gasteiger partial charge < -0.3 is 31.5 Å². The summed E-state index contributed by atoms with van der Waals surface area (Å²) in [6.07, 6.45) is 1.31. The van der Waals surface area contributed by atoms with Gasteiger partial charge in [0.2, 0.25) is 0 Å². The van der Waals surface area contributed by atoms with Crippen molar-refractivity contribution < 1.29 is 50.8 Å². The van der Waals surface area contributed by atoms with Gasteiger partial charge in [-0.2, -0.15) is 16.8 Å². The van der Waals surface area contributed by atoms with Gasteiger partial charge in [-0.25, -0.2) is 15.0 Å². The Morgan fingerprint density at radius 3 is 1.90 bits per heavy atom. The fourth-order valence-electron chi connectivity index (χ4n) is 4.39. The van der Waals surface area contributed by atoms with Crippen LogP contribution < -0.4 is 11.5 Å². The van der Waals surface area contributed by atoms with E-state index in [-0.39, 0.29) is 26.5 Å². The van der Waals surface area contributed by atoms with Gasteiger partial charge in [-0.05, 0) is 49.0 Å². The highest BCUT2D eigenvalue weighted by Crippen LogP contribution is 2.32. The standard InChI is InChI=1S/C15H22N6O5S.2C7H8O3S/c1-27(3-2-7(16)15(24)25)4-8-10(22)11(23)14(26-8)21-6-20-9-12(17)18-5-19-13(9)21;2*1-6-2-4-7(5-3-6)11(8,9)10/h5-8,10-11,14,22-23H,2-4,16H2,1H3,(H2-,17,18,19,24,25);2*2-5H,1H3,(H,8,9,10)/p+1/t7-,8+,10+,11+,14+,27?;;/m0../s1. The van der Waals surface area contributed by atoms with Crippen LogP contribution in [-0.4, -0.2) is 109 Å². The number of aromatic nitrogens is 4. The summed E-state index contributed by atoms with van der Waals surface area (Å²) in [6.45, 7) is 3.68. The number of aryl methyl sites for hydroxylation is 2. The quantitative estimate of drug-likeness (QED) is 0.0910. The molecule has 4 aromatic rings. The third kappa shape index (κ3) is 11.1. The minimum absolute atomic E-state index is 0.0666. The molecule has 20 heteroatoms. The molecule has 268 valence electrons. The van der Waals surface area contributed by atoms with Crippen molar-refractivity contribution in [3.8, 4) is 0 Å². The predicted molar refractivity (Wildman–Crippen MR) is 181 cm³/mol. The minimum atomic E-state index is -4.02. The fourth-order valence-corrected chi connectivity index (χ4v) is 7.01. The second-order valence-electron chi connectivity index (χ2n) is 11.1. The SMILES string of the molecule is C[S+](CC[C@H](N)C(=O)O)C[C@H]1O[C@@H](n2cnc3c(N)ncnc32)[C@H](O)[C@@H]1O.Cc1ccc(S(=O)(=O)O)cc1.Cc1ccc(S(=O)(=O)O)cc1. The van der Waals surface area contributed by atoms with Gasteiger partial charge in [0, 0.05) is 6.42 Å². The molecule has 2 aromatic carbocycles. The zero-order chi connectivity index (χ0) is 36.7. The van der Waals surface area contributed by atoms with E-state index >= 15 is 0 Å². The highest BCUT2D eigenvalue weighted by Gasteiger charge is 2.46. The number of nitrogens with zero attached hydrogens (tertiary/aromatic N) is 4. The lowest BCUT2D eigenvalue weighted by Crippen LogP contribution is -2.37. The number of aliphatic hydroxyl groups is 2.